The van der Waals surface area contributed by atoms with E-state index in [-0.39, 0.29) is 17.6 Å². The molecule has 170 valence electrons. The van der Waals surface area contributed by atoms with E-state index in [2.05, 4.69) is 17.1 Å². The molecule has 7 nitrogen and oxygen atoms in total. The second kappa shape index (κ2) is 8.37. The number of hydrogen-bond donors (Lipinski definition) is 1. The number of aryl methyl sites for hydroxylation is 1. The zero-order valence-electron chi connectivity index (χ0n) is 19.7. The van der Waals surface area contributed by atoms with Crippen molar-refractivity contribution >= 4 is 17.6 Å². The number of methoxy groups -OCH3 is 1. The average Bonchev–Trinajstić information content (AvgIpc) is 2.88. The fourth-order valence-electron chi connectivity index (χ4n) is 4.07. The number of rotatable bonds is 1. The predicted octanol–water partition coefficient (Wildman–Crippen LogP) is 4.70. The molecule has 7 heteroatoms. The molecule has 1 unspecified atom stereocenters. The van der Waals surface area contributed by atoms with Gasteiger partial charge in [-0.25, -0.2) is 9.79 Å². The Balaban J connectivity index is 1.67. The lowest BCUT2D eigenvalue weighted by Crippen LogP contribution is -2.59. The van der Waals surface area contributed by atoms with E-state index in [1.54, 1.807) is 7.11 Å². The highest BCUT2D eigenvalue weighted by Gasteiger charge is 2.32. The van der Waals surface area contributed by atoms with Gasteiger partial charge in [0.05, 0.1) is 12.7 Å². The minimum atomic E-state index is -0.270. The Morgan fingerprint density at radius 2 is 1.94 bits per heavy atom. The van der Waals surface area contributed by atoms with Crippen molar-refractivity contribution in [2.24, 2.45) is 4.99 Å². The van der Waals surface area contributed by atoms with E-state index in [4.69, 9.17) is 14.5 Å². The van der Waals surface area contributed by atoms with Gasteiger partial charge in [0.25, 0.3) is 0 Å². The molecule has 0 aliphatic carbocycles. The summed E-state index contributed by atoms with van der Waals surface area (Å²) >= 11 is 0. The molecule has 0 spiro atoms. The Hall–Kier alpha value is -3.22. The van der Waals surface area contributed by atoms with Crippen LogP contribution in [0.5, 0.6) is 17.2 Å². The number of amides is 2. The van der Waals surface area contributed by atoms with E-state index < -0.39 is 0 Å². The van der Waals surface area contributed by atoms with Crippen LogP contribution in [0.4, 0.5) is 10.5 Å². The number of nitrogens with one attached hydrogen (secondary N) is 1. The maximum atomic E-state index is 12.8. The fraction of sp³-hybridized carbons (Fsp3) is 0.440. The molecule has 1 N–H and O–H groups in total. The van der Waals surface area contributed by atoms with Crippen LogP contribution in [0.1, 0.15) is 38.8 Å². The van der Waals surface area contributed by atoms with Crippen molar-refractivity contribution in [3.63, 3.8) is 0 Å². The number of piperazine rings is 1. The van der Waals surface area contributed by atoms with E-state index in [1.807, 2.05) is 69.0 Å². The molecule has 2 heterocycles. The van der Waals surface area contributed by atoms with Gasteiger partial charge in [-0.1, -0.05) is 6.07 Å². The van der Waals surface area contributed by atoms with Gasteiger partial charge in [0.2, 0.25) is 0 Å². The number of urea groups is 1. The van der Waals surface area contributed by atoms with E-state index >= 15 is 0 Å². The van der Waals surface area contributed by atoms with Gasteiger partial charge in [-0.15, -0.1) is 0 Å². The molecule has 0 bridgehead atoms. The number of carbonyl (C=O) groups is 1. The minimum absolute atomic E-state index is 0.0290. The summed E-state index contributed by atoms with van der Waals surface area (Å²) in [6, 6.07) is 11.8. The van der Waals surface area contributed by atoms with E-state index in [9.17, 15) is 4.79 Å². The quantitative estimate of drug-likeness (QED) is 0.704. The second-order valence-electron chi connectivity index (χ2n) is 9.54. The maximum absolute atomic E-state index is 12.8. The van der Waals surface area contributed by atoms with Crippen molar-refractivity contribution in [3.05, 3.63) is 47.5 Å². The van der Waals surface area contributed by atoms with E-state index in [0.717, 1.165) is 39.9 Å². The number of fused-ring (bicyclic) bond motifs is 2. The third-order valence-electron chi connectivity index (χ3n) is 5.66. The first kappa shape index (κ1) is 22.0. The first-order valence-corrected chi connectivity index (χ1v) is 11.0. The van der Waals surface area contributed by atoms with Gasteiger partial charge < -0.3 is 24.6 Å². The summed E-state index contributed by atoms with van der Waals surface area (Å²) in [6.45, 7) is 12.1. The first-order chi connectivity index (χ1) is 15.1. The number of carbonyl (C=O) groups excluding carboxylic acids is 1. The summed E-state index contributed by atoms with van der Waals surface area (Å²) < 4.78 is 11.8. The Morgan fingerprint density at radius 3 is 2.62 bits per heavy atom. The van der Waals surface area contributed by atoms with Gasteiger partial charge in [-0.05, 0) is 70.5 Å². The second-order valence-corrected chi connectivity index (χ2v) is 9.54. The Morgan fingerprint density at radius 1 is 1.16 bits per heavy atom. The monoisotopic (exact) mass is 436 g/mol. The van der Waals surface area contributed by atoms with Crippen LogP contribution in [0.25, 0.3) is 0 Å². The Labute approximate surface area is 190 Å². The third-order valence-corrected chi connectivity index (χ3v) is 5.66. The molecule has 4 rings (SSSR count). The van der Waals surface area contributed by atoms with Crippen molar-refractivity contribution in [1.29, 1.82) is 0 Å². The topological polar surface area (TPSA) is 66.4 Å². The van der Waals surface area contributed by atoms with Crippen LogP contribution < -0.4 is 14.8 Å². The summed E-state index contributed by atoms with van der Waals surface area (Å²) in [5.41, 5.74) is 2.53. The molecule has 2 aliphatic heterocycles. The smallest absolute Gasteiger partial charge is 0.318 e. The fourth-order valence-corrected chi connectivity index (χ4v) is 4.07. The molecule has 0 radical (unpaired) electrons. The third kappa shape index (κ3) is 4.52. The molecule has 1 atom stereocenters. The molecule has 2 aromatic carbocycles. The first-order valence-electron chi connectivity index (χ1n) is 11.0. The van der Waals surface area contributed by atoms with Gasteiger partial charge in [0, 0.05) is 31.2 Å². The predicted molar refractivity (Wildman–Crippen MR) is 126 cm³/mol. The van der Waals surface area contributed by atoms with Gasteiger partial charge in [0.15, 0.2) is 5.75 Å². The molecular weight excluding hydrogens is 404 g/mol. The van der Waals surface area contributed by atoms with Gasteiger partial charge in [-0.3, -0.25) is 0 Å². The summed E-state index contributed by atoms with van der Waals surface area (Å²) in [5.74, 6) is 3.07. The average molecular weight is 437 g/mol. The van der Waals surface area contributed by atoms with Crippen LogP contribution in [0.15, 0.2) is 41.4 Å². The molecule has 1 fully saturated rings. The molecular formula is C25H32N4O3. The van der Waals surface area contributed by atoms with Gasteiger partial charge in [-0.2, -0.15) is 0 Å². The minimum Gasteiger partial charge on any atom is -0.497 e. The normalized spacial score (nSPS) is 18.1. The SMILES string of the molecule is COc1ccc2c(c1)C(N1CCN(C(=O)NC(C)(C)C)C(C)C1)=Nc1ccc(C)cc1O2. The number of ether oxygens (including phenoxy) is 2. The van der Waals surface area contributed by atoms with Crippen LogP contribution in [0.2, 0.25) is 0 Å². The van der Waals surface area contributed by atoms with Crippen molar-refractivity contribution in [2.75, 3.05) is 26.7 Å². The molecule has 0 aromatic heterocycles. The lowest BCUT2D eigenvalue weighted by atomic mass is 10.1. The lowest BCUT2D eigenvalue weighted by molar-refractivity contribution is 0.129. The van der Waals surface area contributed by atoms with Crippen LogP contribution in [0.3, 0.4) is 0 Å². The molecule has 2 amide bonds. The van der Waals surface area contributed by atoms with Crippen molar-refractivity contribution in [1.82, 2.24) is 15.1 Å². The van der Waals surface area contributed by atoms with Crippen LogP contribution >= 0.6 is 0 Å². The van der Waals surface area contributed by atoms with Crippen LogP contribution in [0, 0.1) is 6.92 Å². The zero-order chi connectivity index (χ0) is 23.0. The van der Waals surface area contributed by atoms with Crippen LogP contribution in [-0.2, 0) is 0 Å². The number of amidine groups is 1. The Bertz CT molecular complexity index is 1060. The Kier molecular flexibility index (Phi) is 5.75. The largest absolute Gasteiger partial charge is 0.497 e. The number of hydrogen-bond acceptors (Lipinski definition) is 5. The van der Waals surface area contributed by atoms with Crippen molar-refractivity contribution in [2.45, 2.75) is 46.2 Å². The summed E-state index contributed by atoms with van der Waals surface area (Å²) in [7, 11) is 1.66. The van der Waals surface area contributed by atoms with E-state index in [1.165, 1.54) is 0 Å². The molecule has 2 aromatic rings. The molecule has 1 saturated heterocycles. The zero-order valence-corrected chi connectivity index (χ0v) is 19.7. The highest BCUT2D eigenvalue weighted by Crippen LogP contribution is 2.40. The summed E-state index contributed by atoms with van der Waals surface area (Å²) in [6.07, 6.45) is 0. The molecule has 2 aliphatic rings. The lowest BCUT2D eigenvalue weighted by Gasteiger charge is -2.42. The molecule has 32 heavy (non-hydrogen) atoms. The number of aliphatic imine (C=N–C) groups is 1. The van der Waals surface area contributed by atoms with Gasteiger partial charge >= 0.3 is 6.03 Å². The molecule has 0 saturated carbocycles. The standard InChI is InChI=1S/C25H32N4O3/c1-16-7-9-20-22(13-16)32-21-10-8-18(31-6)14-19(21)23(26-20)28-11-12-29(17(2)15-28)24(30)27-25(3,4)5/h7-10,13-14,17H,11-12,15H2,1-6H3,(H,27,30). The maximum Gasteiger partial charge on any atom is 0.318 e. The highest BCUT2D eigenvalue weighted by molar-refractivity contribution is 6.04. The number of benzene rings is 2. The highest BCUT2D eigenvalue weighted by atomic mass is 16.5. The van der Waals surface area contributed by atoms with Crippen molar-refractivity contribution in [3.8, 4) is 17.2 Å². The summed E-state index contributed by atoms with van der Waals surface area (Å²) in [4.78, 5) is 21.9. The van der Waals surface area contributed by atoms with Crippen LogP contribution in [-0.4, -0.2) is 60.0 Å². The number of nitrogens with zero attached hydrogens (tertiary/aromatic N) is 3. The van der Waals surface area contributed by atoms with E-state index in [0.29, 0.717) is 19.6 Å². The van der Waals surface area contributed by atoms with Crippen molar-refractivity contribution < 1.29 is 14.3 Å². The van der Waals surface area contributed by atoms with Gasteiger partial charge in [0.1, 0.15) is 23.0 Å². The summed E-state index contributed by atoms with van der Waals surface area (Å²) in [5, 5.41) is 3.07.